The van der Waals surface area contributed by atoms with Gasteiger partial charge in [-0.15, -0.1) is 0 Å². The largest absolute Gasteiger partial charge is 0.472 e. The zero-order chi connectivity index (χ0) is 41.8. The summed E-state index contributed by atoms with van der Waals surface area (Å²) >= 11 is 0. The first kappa shape index (κ1) is 54.2. The lowest BCUT2D eigenvalue weighted by molar-refractivity contribution is -0.161. The van der Waals surface area contributed by atoms with Crippen molar-refractivity contribution in [3.63, 3.8) is 0 Å². The van der Waals surface area contributed by atoms with Crippen molar-refractivity contribution in [3.8, 4) is 0 Å². The number of carbonyl (C=O) groups is 2. The normalized spacial score (nSPS) is 14.1. The molecule has 0 fully saturated rings. The summed E-state index contributed by atoms with van der Waals surface area (Å²) in [7, 11) is -4.40. The third kappa shape index (κ3) is 42.6. The van der Waals surface area contributed by atoms with E-state index < -0.39 is 32.5 Å². The number of hydrogen-bond donors (Lipinski definition) is 2. The smallest absolute Gasteiger partial charge is 0.462 e. The Labute approximate surface area is 347 Å². The molecule has 0 saturated carbocycles. The monoisotopic (exact) mass is 818 g/mol. The predicted octanol–water partition coefficient (Wildman–Crippen LogP) is 12.8. The number of rotatable bonds is 40. The Kier molecular flexibility index (Phi) is 40.7. The van der Waals surface area contributed by atoms with Crippen molar-refractivity contribution < 1.29 is 37.6 Å². The van der Waals surface area contributed by atoms with Gasteiger partial charge in [0.05, 0.1) is 13.2 Å². The van der Waals surface area contributed by atoms with Crippen molar-refractivity contribution in [2.45, 2.75) is 174 Å². The Morgan fingerprint density at radius 1 is 0.544 bits per heavy atom. The van der Waals surface area contributed by atoms with Gasteiger partial charge in [0.2, 0.25) is 0 Å². The van der Waals surface area contributed by atoms with Gasteiger partial charge in [-0.2, -0.15) is 0 Å². The number of allylic oxidation sites excluding steroid dienone is 14. The molecule has 0 bridgehead atoms. The van der Waals surface area contributed by atoms with Gasteiger partial charge in [-0.1, -0.05) is 163 Å². The second kappa shape index (κ2) is 42.8. The van der Waals surface area contributed by atoms with E-state index in [-0.39, 0.29) is 32.6 Å². The summed E-state index contributed by atoms with van der Waals surface area (Å²) in [5.74, 6) is -0.938. The van der Waals surface area contributed by atoms with Crippen LogP contribution in [-0.4, -0.2) is 49.3 Å². The summed E-state index contributed by atoms with van der Waals surface area (Å²) in [6.07, 6.45) is 53.4. The molecular weight excluding hydrogens is 737 g/mol. The summed E-state index contributed by atoms with van der Waals surface area (Å²) in [4.78, 5) is 34.9. The lowest BCUT2D eigenvalue weighted by atomic mass is 10.1. The molecule has 0 aliphatic heterocycles. The van der Waals surface area contributed by atoms with Gasteiger partial charge < -0.3 is 20.1 Å². The number of esters is 2. The van der Waals surface area contributed by atoms with Gasteiger partial charge in [0.15, 0.2) is 6.10 Å². The van der Waals surface area contributed by atoms with Gasteiger partial charge in [0.1, 0.15) is 6.61 Å². The van der Waals surface area contributed by atoms with E-state index in [9.17, 15) is 19.0 Å². The third-order valence-corrected chi connectivity index (χ3v) is 9.76. The summed E-state index contributed by atoms with van der Waals surface area (Å²) in [5.41, 5.74) is 5.34. The van der Waals surface area contributed by atoms with Crippen LogP contribution in [0.1, 0.15) is 168 Å². The molecule has 3 N–H and O–H groups in total. The summed E-state index contributed by atoms with van der Waals surface area (Å²) in [5, 5.41) is 0. The van der Waals surface area contributed by atoms with Gasteiger partial charge in [-0.3, -0.25) is 18.6 Å². The second-order valence-corrected chi connectivity index (χ2v) is 15.6. The highest BCUT2D eigenvalue weighted by Crippen LogP contribution is 2.43. The summed E-state index contributed by atoms with van der Waals surface area (Å²) < 4.78 is 32.7. The van der Waals surface area contributed by atoms with Crippen molar-refractivity contribution in [2.75, 3.05) is 26.4 Å². The number of ether oxygens (including phenoxy) is 2. The first-order valence-corrected chi connectivity index (χ1v) is 23.6. The van der Waals surface area contributed by atoms with E-state index in [1.54, 1.807) is 0 Å². The van der Waals surface area contributed by atoms with Crippen LogP contribution < -0.4 is 5.73 Å². The number of carbonyl (C=O) groups excluding carboxylic acids is 2. The highest BCUT2D eigenvalue weighted by molar-refractivity contribution is 7.47. The molecular formula is C47H80NO8P. The van der Waals surface area contributed by atoms with Crippen molar-refractivity contribution in [2.24, 2.45) is 5.73 Å². The molecule has 9 nitrogen and oxygen atoms in total. The molecule has 10 heteroatoms. The highest BCUT2D eigenvalue weighted by Gasteiger charge is 2.25. The Balaban J connectivity index is 4.29. The lowest BCUT2D eigenvalue weighted by Gasteiger charge is -2.19. The van der Waals surface area contributed by atoms with Crippen LogP contribution in [0.25, 0.3) is 0 Å². The van der Waals surface area contributed by atoms with E-state index in [0.717, 1.165) is 64.2 Å². The maximum absolute atomic E-state index is 12.6. The van der Waals surface area contributed by atoms with Crippen LogP contribution in [-0.2, 0) is 32.7 Å². The second-order valence-electron chi connectivity index (χ2n) is 14.2. The molecule has 0 aromatic heterocycles. The first-order chi connectivity index (χ1) is 27.8. The molecule has 0 aliphatic rings. The van der Waals surface area contributed by atoms with Crippen LogP contribution in [0.4, 0.5) is 0 Å². The summed E-state index contributed by atoms with van der Waals surface area (Å²) in [6.45, 7) is 3.51. The maximum Gasteiger partial charge on any atom is 0.472 e. The van der Waals surface area contributed by atoms with Crippen LogP contribution in [0.15, 0.2) is 85.1 Å². The molecule has 57 heavy (non-hydrogen) atoms. The fourth-order valence-corrected chi connectivity index (χ4v) is 6.30. The molecule has 0 rings (SSSR count). The molecule has 326 valence electrons. The SMILES string of the molecule is CC/C=C\C/C=C\C/C=C\C/C=C\C/C=C\C/C=C\CCC(=O)OC[C@H](COP(=O)(O)OCCN)OC(=O)CCCCCCCCC/C=C\CCCCCCCC. The fraction of sp³-hybridized carbons (Fsp3) is 0.660. The van der Waals surface area contributed by atoms with E-state index >= 15 is 0 Å². The Morgan fingerprint density at radius 3 is 1.51 bits per heavy atom. The molecule has 2 atom stereocenters. The minimum absolute atomic E-state index is 0.0391. The molecule has 0 saturated heterocycles. The van der Waals surface area contributed by atoms with Gasteiger partial charge in [0.25, 0.3) is 0 Å². The quantitative estimate of drug-likeness (QED) is 0.0268. The third-order valence-electron chi connectivity index (χ3n) is 8.78. The van der Waals surface area contributed by atoms with Crippen LogP contribution in [0, 0.1) is 0 Å². The van der Waals surface area contributed by atoms with E-state index in [4.69, 9.17) is 24.3 Å². The maximum atomic E-state index is 12.6. The number of unbranched alkanes of at least 4 members (excludes halogenated alkanes) is 13. The molecule has 0 aromatic carbocycles. The summed E-state index contributed by atoms with van der Waals surface area (Å²) in [6, 6.07) is 0. The lowest BCUT2D eigenvalue weighted by Crippen LogP contribution is -2.29. The highest BCUT2D eigenvalue weighted by atomic mass is 31.2. The fourth-order valence-electron chi connectivity index (χ4n) is 5.54. The molecule has 0 spiro atoms. The van der Waals surface area contributed by atoms with E-state index in [1.807, 2.05) is 12.2 Å². The van der Waals surface area contributed by atoms with Gasteiger partial charge in [-0.05, 0) is 77.0 Å². The molecule has 0 heterocycles. The zero-order valence-electron chi connectivity index (χ0n) is 35.8. The first-order valence-electron chi connectivity index (χ1n) is 22.1. The standard InChI is InChI=1S/C47H80NO8P/c1-3-5-7-9-11-13-15-17-19-21-22-24-25-27-29-31-33-35-37-39-46(49)53-43-45(44-55-57(51,52)54-42-41-48)56-47(50)40-38-36-34-32-30-28-26-23-20-18-16-14-12-10-8-6-4-2/h5,7,11,13,17-20,22,24,27,29,33,35,45H,3-4,6,8-10,12,14-16,21,23,25-26,28,30-32,34,36-44,48H2,1-2H3,(H,51,52)/b7-5-,13-11-,19-17-,20-18-,24-22-,29-27-,35-33-/t45-/m1/s1. The molecule has 0 amide bonds. The van der Waals surface area contributed by atoms with Gasteiger partial charge in [0, 0.05) is 19.4 Å². The average Bonchev–Trinajstić information content (AvgIpc) is 3.20. The Bertz CT molecular complexity index is 1210. The minimum Gasteiger partial charge on any atom is -0.462 e. The molecule has 0 aromatic rings. The Hall–Kier alpha value is -2.81. The predicted molar refractivity (Wildman–Crippen MR) is 238 cm³/mol. The van der Waals surface area contributed by atoms with Crippen LogP contribution in [0.5, 0.6) is 0 Å². The number of hydrogen-bond acceptors (Lipinski definition) is 8. The van der Waals surface area contributed by atoms with Crippen LogP contribution in [0.3, 0.4) is 0 Å². The van der Waals surface area contributed by atoms with Crippen molar-refractivity contribution in [1.82, 2.24) is 0 Å². The number of nitrogens with two attached hydrogens (primary N) is 1. The average molecular weight is 818 g/mol. The minimum atomic E-state index is -4.40. The van der Waals surface area contributed by atoms with Crippen molar-refractivity contribution in [3.05, 3.63) is 85.1 Å². The Morgan fingerprint density at radius 2 is 1.00 bits per heavy atom. The number of phosphoric ester groups is 1. The molecule has 0 radical (unpaired) electrons. The topological polar surface area (TPSA) is 134 Å². The zero-order valence-corrected chi connectivity index (χ0v) is 36.7. The number of phosphoric acid groups is 1. The van der Waals surface area contributed by atoms with Gasteiger partial charge >= 0.3 is 19.8 Å². The molecule has 0 aliphatic carbocycles. The van der Waals surface area contributed by atoms with E-state index in [2.05, 4.69) is 86.8 Å². The van der Waals surface area contributed by atoms with E-state index in [1.165, 1.54) is 64.2 Å². The van der Waals surface area contributed by atoms with E-state index in [0.29, 0.717) is 12.8 Å². The van der Waals surface area contributed by atoms with Crippen LogP contribution in [0.2, 0.25) is 0 Å². The van der Waals surface area contributed by atoms with Crippen molar-refractivity contribution >= 4 is 19.8 Å². The van der Waals surface area contributed by atoms with Crippen LogP contribution >= 0.6 is 7.82 Å². The molecule has 1 unspecified atom stereocenters. The van der Waals surface area contributed by atoms with Gasteiger partial charge in [-0.25, -0.2) is 4.57 Å². The van der Waals surface area contributed by atoms with Crippen molar-refractivity contribution in [1.29, 1.82) is 0 Å².